The van der Waals surface area contributed by atoms with Crippen molar-refractivity contribution in [3.8, 4) is 0 Å². The first-order valence-electron chi connectivity index (χ1n) is 14.7. The number of ether oxygens (including phenoxy) is 2. The number of carbonyl (C=O) groups excluding carboxylic acids is 4. The molecule has 1 heterocycles. The molecule has 2 aromatic carbocycles. The van der Waals surface area contributed by atoms with Gasteiger partial charge in [-0.3, -0.25) is 14.4 Å². The molecule has 2 N–H and O–H groups in total. The van der Waals surface area contributed by atoms with Crippen LogP contribution >= 0.6 is 0 Å². The van der Waals surface area contributed by atoms with E-state index in [1.54, 1.807) is 23.1 Å². The van der Waals surface area contributed by atoms with Crippen molar-refractivity contribution in [3.05, 3.63) is 97.1 Å². The first-order valence-corrected chi connectivity index (χ1v) is 14.7. The van der Waals surface area contributed by atoms with Crippen LogP contribution in [-0.4, -0.2) is 65.6 Å². The number of aliphatic hydroxyl groups excluding tert-OH is 1. The van der Waals surface area contributed by atoms with Crippen LogP contribution in [-0.2, 0) is 41.7 Å². The lowest BCUT2D eigenvalue weighted by atomic mass is 9.96. The number of nitrogens with zero attached hydrogens (tertiary/aromatic N) is 1. The molecule has 0 saturated carbocycles. The number of nitrogens with one attached hydrogen (secondary N) is 1. The van der Waals surface area contributed by atoms with Crippen molar-refractivity contribution < 1.29 is 33.8 Å². The second kappa shape index (κ2) is 17.7. The van der Waals surface area contributed by atoms with E-state index < -0.39 is 42.3 Å². The van der Waals surface area contributed by atoms with Crippen LogP contribution in [0.5, 0.6) is 0 Å². The summed E-state index contributed by atoms with van der Waals surface area (Å²) in [6.07, 6.45) is 5.55. The van der Waals surface area contributed by atoms with E-state index in [0.29, 0.717) is 25.8 Å². The lowest BCUT2D eigenvalue weighted by Gasteiger charge is -2.26. The van der Waals surface area contributed by atoms with Gasteiger partial charge >= 0.3 is 11.9 Å². The van der Waals surface area contributed by atoms with Crippen molar-refractivity contribution in [3.63, 3.8) is 0 Å². The van der Waals surface area contributed by atoms with E-state index in [0.717, 1.165) is 17.5 Å². The normalized spacial score (nSPS) is 16.4. The number of benzene rings is 2. The molecule has 230 valence electrons. The molecule has 0 bridgehead atoms. The third kappa shape index (κ3) is 10.5. The number of carbonyl (C=O) groups is 4. The molecule has 1 aliphatic rings. The average Bonchev–Trinajstić information content (AvgIpc) is 3.51. The number of rotatable bonds is 17. The van der Waals surface area contributed by atoms with E-state index in [1.165, 1.54) is 6.08 Å². The van der Waals surface area contributed by atoms with Gasteiger partial charge in [-0.05, 0) is 43.2 Å². The predicted octanol–water partition coefficient (Wildman–Crippen LogP) is 3.76. The summed E-state index contributed by atoms with van der Waals surface area (Å²) in [4.78, 5) is 54.3. The molecule has 0 aromatic heterocycles. The molecule has 2 amide bonds. The Morgan fingerprint density at radius 3 is 2.16 bits per heavy atom. The van der Waals surface area contributed by atoms with Gasteiger partial charge in [-0.15, -0.1) is 13.2 Å². The molecular formula is C34H42N2O7. The Balaban J connectivity index is 1.70. The van der Waals surface area contributed by atoms with Gasteiger partial charge in [0.15, 0.2) is 6.04 Å². The highest BCUT2D eigenvalue weighted by molar-refractivity contribution is 5.89. The fourth-order valence-electron chi connectivity index (χ4n) is 5.10. The zero-order valence-electron chi connectivity index (χ0n) is 24.6. The van der Waals surface area contributed by atoms with E-state index in [2.05, 4.69) is 18.5 Å². The standard InChI is InChI=1S/C34H42N2O7/c1-3-12-27(21-31(38)36-19-11-18-29(36)22-37)32(39)35-30(34(41)42-23-26-16-9-6-10-17-26)24-43-33(40)28(13-4-2)20-25-14-7-5-8-15-25/h3-10,14-17,27-30,37H,1-2,11-13,18-24H2,(H,35,39)/t27-,28+,29+,30-/m1/s1. The Morgan fingerprint density at radius 2 is 1.53 bits per heavy atom. The molecule has 0 radical (unpaired) electrons. The van der Waals surface area contributed by atoms with Crippen LogP contribution in [0.2, 0.25) is 0 Å². The summed E-state index contributed by atoms with van der Waals surface area (Å²) >= 11 is 0. The minimum atomic E-state index is -1.29. The van der Waals surface area contributed by atoms with Gasteiger partial charge in [0.25, 0.3) is 0 Å². The SMILES string of the molecule is C=CC[C@H](CC(=O)N1CCC[C@H]1CO)C(=O)N[C@H](COC(=O)[C@@H](CC=C)Cc1ccccc1)C(=O)OCc1ccccc1. The quantitative estimate of drug-likeness (QED) is 0.213. The Hall–Kier alpha value is -4.24. The highest BCUT2D eigenvalue weighted by Gasteiger charge is 2.33. The van der Waals surface area contributed by atoms with Crippen molar-refractivity contribution in [2.45, 2.75) is 57.2 Å². The van der Waals surface area contributed by atoms with Gasteiger partial charge in [0, 0.05) is 13.0 Å². The van der Waals surface area contributed by atoms with E-state index in [9.17, 15) is 24.3 Å². The maximum Gasteiger partial charge on any atom is 0.332 e. The molecule has 9 heteroatoms. The van der Waals surface area contributed by atoms with Crippen molar-refractivity contribution in [1.82, 2.24) is 10.2 Å². The van der Waals surface area contributed by atoms with Gasteiger partial charge in [-0.2, -0.15) is 0 Å². The van der Waals surface area contributed by atoms with Gasteiger partial charge < -0.3 is 24.8 Å². The van der Waals surface area contributed by atoms with Crippen LogP contribution < -0.4 is 5.32 Å². The van der Waals surface area contributed by atoms with Gasteiger partial charge in [0.1, 0.15) is 13.2 Å². The zero-order chi connectivity index (χ0) is 31.0. The third-order valence-electron chi connectivity index (χ3n) is 7.48. The fraction of sp³-hybridized carbons (Fsp3) is 0.412. The monoisotopic (exact) mass is 590 g/mol. The minimum Gasteiger partial charge on any atom is -0.463 e. The highest BCUT2D eigenvalue weighted by atomic mass is 16.6. The van der Waals surface area contributed by atoms with Crippen molar-refractivity contribution in [1.29, 1.82) is 0 Å². The average molecular weight is 591 g/mol. The molecule has 0 spiro atoms. The highest BCUT2D eigenvalue weighted by Crippen LogP contribution is 2.21. The Labute approximate surface area is 253 Å². The molecule has 0 unspecified atom stereocenters. The van der Waals surface area contributed by atoms with Gasteiger partial charge in [0.2, 0.25) is 11.8 Å². The smallest absolute Gasteiger partial charge is 0.332 e. The van der Waals surface area contributed by atoms with Crippen molar-refractivity contribution in [2.24, 2.45) is 11.8 Å². The summed E-state index contributed by atoms with van der Waals surface area (Å²) in [5.41, 5.74) is 1.71. The number of likely N-dealkylation sites (tertiary alicyclic amines) is 1. The van der Waals surface area contributed by atoms with Crippen molar-refractivity contribution >= 4 is 23.8 Å². The summed E-state index contributed by atoms with van der Waals surface area (Å²) < 4.78 is 11.0. The summed E-state index contributed by atoms with van der Waals surface area (Å²) in [7, 11) is 0. The third-order valence-corrected chi connectivity index (χ3v) is 7.48. The number of hydrogen-bond acceptors (Lipinski definition) is 7. The number of esters is 2. The zero-order valence-corrected chi connectivity index (χ0v) is 24.6. The lowest BCUT2D eigenvalue weighted by molar-refractivity contribution is -0.157. The Bertz CT molecular complexity index is 1220. The molecule has 1 saturated heterocycles. The summed E-state index contributed by atoms with van der Waals surface area (Å²) in [5.74, 6) is -3.43. The maximum absolute atomic E-state index is 13.4. The fourth-order valence-corrected chi connectivity index (χ4v) is 5.10. The molecule has 0 aliphatic carbocycles. The number of aliphatic hydroxyl groups is 1. The van der Waals surface area contributed by atoms with Crippen LogP contribution in [0.4, 0.5) is 0 Å². The summed E-state index contributed by atoms with van der Waals surface area (Å²) in [5, 5.41) is 12.3. The molecule has 9 nitrogen and oxygen atoms in total. The Kier molecular flexibility index (Phi) is 13.7. The lowest BCUT2D eigenvalue weighted by Crippen LogP contribution is -2.48. The largest absolute Gasteiger partial charge is 0.463 e. The molecular weight excluding hydrogens is 548 g/mol. The number of allylic oxidation sites excluding steroid dienone is 2. The minimum absolute atomic E-state index is 0.0286. The van der Waals surface area contributed by atoms with Gasteiger partial charge in [-0.1, -0.05) is 72.8 Å². The molecule has 2 aromatic rings. The number of hydrogen-bond donors (Lipinski definition) is 2. The maximum atomic E-state index is 13.4. The molecule has 43 heavy (non-hydrogen) atoms. The van der Waals surface area contributed by atoms with Crippen LogP contribution in [0.25, 0.3) is 0 Å². The molecule has 1 aliphatic heterocycles. The van der Waals surface area contributed by atoms with Gasteiger partial charge in [-0.25, -0.2) is 4.79 Å². The van der Waals surface area contributed by atoms with E-state index in [4.69, 9.17) is 9.47 Å². The van der Waals surface area contributed by atoms with Crippen molar-refractivity contribution in [2.75, 3.05) is 19.8 Å². The molecule has 4 atom stereocenters. The predicted molar refractivity (Wildman–Crippen MR) is 162 cm³/mol. The van der Waals surface area contributed by atoms with E-state index in [1.807, 2.05) is 48.5 Å². The summed E-state index contributed by atoms with van der Waals surface area (Å²) in [6, 6.07) is 17.0. The van der Waals surface area contributed by atoms with Crippen LogP contribution in [0.1, 0.15) is 43.2 Å². The Morgan fingerprint density at radius 1 is 0.907 bits per heavy atom. The molecule has 1 fully saturated rings. The molecule has 3 rings (SSSR count). The van der Waals surface area contributed by atoms with Crippen LogP contribution in [0, 0.1) is 11.8 Å². The van der Waals surface area contributed by atoms with E-state index >= 15 is 0 Å². The second-order valence-corrected chi connectivity index (χ2v) is 10.7. The number of amides is 2. The first kappa shape index (κ1) is 33.3. The van der Waals surface area contributed by atoms with Gasteiger partial charge in [0.05, 0.1) is 24.5 Å². The topological polar surface area (TPSA) is 122 Å². The van der Waals surface area contributed by atoms with Crippen LogP contribution in [0.15, 0.2) is 86.0 Å². The summed E-state index contributed by atoms with van der Waals surface area (Å²) in [6.45, 7) is 7.38. The second-order valence-electron chi connectivity index (χ2n) is 10.7. The van der Waals surface area contributed by atoms with E-state index in [-0.39, 0.29) is 38.0 Å². The first-order chi connectivity index (χ1) is 20.9. The van der Waals surface area contributed by atoms with Crippen LogP contribution in [0.3, 0.4) is 0 Å².